The van der Waals surface area contributed by atoms with E-state index < -0.39 is 0 Å². The van der Waals surface area contributed by atoms with Gasteiger partial charge in [0.15, 0.2) is 5.96 Å². The van der Waals surface area contributed by atoms with Crippen LogP contribution in [0, 0.1) is 5.92 Å². The summed E-state index contributed by atoms with van der Waals surface area (Å²) in [5, 5.41) is 7.87. The molecule has 122 valence electrons. The van der Waals surface area contributed by atoms with Gasteiger partial charge in [0.2, 0.25) is 0 Å². The van der Waals surface area contributed by atoms with Crippen molar-refractivity contribution < 1.29 is 4.42 Å². The standard InChI is InChI=1S/C17H25N3O.HI/c1-12(2)13(3)20-17(18-4)19-10-9-15-11-14-7-5-6-8-16(14)21-15;/h5-8,11-13H,9-10H2,1-4H3,(H2,18,19,20);1H. The van der Waals surface area contributed by atoms with Gasteiger partial charge in [-0.3, -0.25) is 4.99 Å². The first-order valence-corrected chi connectivity index (χ1v) is 7.54. The van der Waals surface area contributed by atoms with Gasteiger partial charge in [-0.1, -0.05) is 32.0 Å². The first kappa shape index (κ1) is 18.8. The molecule has 1 heterocycles. The SMILES string of the molecule is CN=C(NCCc1cc2ccccc2o1)NC(C)C(C)C.I. The van der Waals surface area contributed by atoms with Crippen molar-refractivity contribution in [3.63, 3.8) is 0 Å². The van der Waals surface area contributed by atoms with Crippen molar-refractivity contribution >= 4 is 40.9 Å². The molecule has 0 bridgehead atoms. The van der Waals surface area contributed by atoms with E-state index in [1.54, 1.807) is 7.05 Å². The second kappa shape index (κ2) is 9.02. The monoisotopic (exact) mass is 415 g/mol. The van der Waals surface area contributed by atoms with Crippen LogP contribution >= 0.6 is 24.0 Å². The zero-order valence-corrected chi connectivity index (χ0v) is 16.0. The summed E-state index contributed by atoms with van der Waals surface area (Å²) in [6.07, 6.45) is 0.839. The van der Waals surface area contributed by atoms with E-state index in [0.717, 1.165) is 35.7 Å². The number of hydrogen-bond acceptors (Lipinski definition) is 2. The molecule has 0 aliphatic rings. The van der Waals surface area contributed by atoms with Gasteiger partial charge in [0.05, 0.1) is 0 Å². The Labute approximate surface area is 149 Å². The van der Waals surface area contributed by atoms with E-state index in [0.29, 0.717) is 12.0 Å². The molecule has 0 saturated heterocycles. The van der Waals surface area contributed by atoms with Crippen LogP contribution in [0.15, 0.2) is 39.7 Å². The average molecular weight is 415 g/mol. The van der Waals surface area contributed by atoms with E-state index in [9.17, 15) is 0 Å². The van der Waals surface area contributed by atoms with E-state index in [1.165, 1.54) is 0 Å². The van der Waals surface area contributed by atoms with Crippen LogP contribution in [0.5, 0.6) is 0 Å². The Kier molecular flexibility index (Phi) is 7.72. The van der Waals surface area contributed by atoms with E-state index in [2.05, 4.69) is 48.5 Å². The third kappa shape index (κ3) is 5.19. The minimum Gasteiger partial charge on any atom is -0.461 e. The molecule has 1 aromatic carbocycles. The lowest BCUT2D eigenvalue weighted by molar-refractivity contribution is 0.480. The predicted molar refractivity (Wildman–Crippen MR) is 104 cm³/mol. The molecular weight excluding hydrogens is 389 g/mol. The number of nitrogens with one attached hydrogen (secondary N) is 2. The summed E-state index contributed by atoms with van der Waals surface area (Å²) in [6, 6.07) is 10.6. The molecule has 4 nitrogen and oxygen atoms in total. The molecule has 5 heteroatoms. The molecule has 0 fully saturated rings. The number of aliphatic imine (C=N–C) groups is 1. The Hall–Kier alpha value is -1.24. The Morgan fingerprint density at radius 2 is 1.95 bits per heavy atom. The van der Waals surface area contributed by atoms with Crippen LogP contribution < -0.4 is 10.6 Å². The van der Waals surface area contributed by atoms with E-state index in [4.69, 9.17) is 4.42 Å². The van der Waals surface area contributed by atoms with Crippen LogP contribution in [-0.4, -0.2) is 25.6 Å². The van der Waals surface area contributed by atoms with Crippen molar-refractivity contribution in [3.05, 3.63) is 36.1 Å². The lowest BCUT2D eigenvalue weighted by Crippen LogP contribution is -2.44. The molecule has 0 aliphatic carbocycles. The largest absolute Gasteiger partial charge is 0.461 e. The molecule has 0 saturated carbocycles. The maximum absolute atomic E-state index is 5.80. The number of rotatable bonds is 5. The first-order valence-electron chi connectivity index (χ1n) is 7.54. The number of furan rings is 1. The minimum atomic E-state index is 0. The summed E-state index contributed by atoms with van der Waals surface area (Å²) in [5.41, 5.74) is 0.948. The van der Waals surface area contributed by atoms with Gasteiger partial charge < -0.3 is 15.1 Å². The smallest absolute Gasteiger partial charge is 0.191 e. The van der Waals surface area contributed by atoms with Crippen molar-refractivity contribution in [1.29, 1.82) is 0 Å². The lowest BCUT2D eigenvalue weighted by Gasteiger charge is -2.20. The van der Waals surface area contributed by atoms with Gasteiger partial charge >= 0.3 is 0 Å². The lowest BCUT2D eigenvalue weighted by atomic mass is 10.1. The van der Waals surface area contributed by atoms with Gasteiger partial charge in [-0.2, -0.15) is 0 Å². The Morgan fingerprint density at radius 3 is 2.59 bits per heavy atom. The predicted octanol–water partition coefficient (Wildman–Crippen LogP) is 3.80. The molecule has 0 radical (unpaired) electrons. The fourth-order valence-corrected chi connectivity index (χ4v) is 2.04. The fourth-order valence-electron chi connectivity index (χ4n) is 2.04. The summed E-state index contributed by atoms with van der Waals surface area (Å²) in [6.45, 7) is 7.35. The Bertz CT molecular complexity index is 574. The molecule has 22 heavy (non-hydrogen) atoms. The number of guanidine groups is 1. The minimum absolute atomic E-state index is 0. The van der Waals surface area contributed by atoms with Gasteiger partial charge in [-0.05, 0) is 25.0 Å². The third-order valence-corrected chi connectivity index (χ3v) is 3.73. The van der Waals surface area contributed by atoms with Crippen LogP contribution in [0.1, 0.15) is 26.5 Å². The van der Waals surface area contributed by atoms with Crippen LogP contribution in [0.3, 0.4) is 0 Å². The highest BCUT2D eigenvalue weighted by Crippen LogP contribution is 2.18. The molecule has 2 N–H and O–H groups in total. The molecule has 0 amide bonds. The molecule has 1 atom stereocenters. The normalized spacial score (nSPS) is 13.0. The molecule has 2 aromatic rings. The van der Waals surface area contributed by atoms with Gasteiger partial charge in [-0.25, -0.2) is 0 Å². The van der Waals surface area contributed by atoms with Crippen LogP contribution in [0.4, 0.5) is 0 Å². The van der Waals surface area contributed by atoms with Crippen molar-refractivity contribution in [3.8, 4) is 0 Å². The molecule has 1 unspecified atom stereocenters. The molecule has 0 aliphatic heterocycles. The third-order valence-electron chi connectivity index (χ3n) is 3.73. The summed E-state index contributed by atoms with van der Waals surface area (Å²) in [7, 11) is 1.80. The molecule has 2 rings (SSSR count). The van der Waals surface area contributed by atoms with Crippen molar-refractivity contribution in [2.24, 2.45) is 10.9 Å². The molecular formula is C17H26IN3O. The highest BCUT2D eigenvalue weighted by Gasteiger charge is 2.09. The number of nitrogens with zero attached hydrogens (tertiary/aromatic N) is 1. The number of halogens is 1. The highest BCUT2D eigenvalue weighted by molar-refractivity contribution is 14.0. The quantitative estimate of drug-likeness (QED) is 0.444. The molecule has 0 spiro atoms. The average Bonchev–Trinajstić information content (AvgIpc) is 2.88. The Balaban J connectivity index is 0.00000242. The summed E-state index contributed by atoms with van der Waals surface area (Å²) in [5.74, 6) is 2.40. The van der Waals surface area contributed by atoms with Crippen LogP contribution in [-0.2, 0) is 6.42 Å². The van der Waals surface area contributed by atoms with Gasteiger partial charge in [0.1, 0.15) is 11.3 Å². The van der Waals surface area contributed by atoms with Crippen molar-refractivity contribution in [1.82, 2.24) is 10.6 Å². The zero-order valence-electron chi connectivity index (χ0n) is 13.7. The van der Waals surface area contributed by atoms with E-state index in [1.807, 2.05) is 18.2 Å². The Morgan fingerprint density at radius 1 is 1.23 bits per heavy atom. The van der Waals surface area contributed by atoms with Crippen molar-refractivity contribution in [2.75, 3.05) is 13.6 Å². The number of para-hydroxylation sites is 1. The second-order valence-corrected chi connectivity index (χ2v) is 5.68. The summed E-state index contributed by atoms with van der Waals surface area (Å²) in [4.78, 5) is 4.25. The second-order valence-electron chi connectivity index (χ2n) is 5.68. The van der Waals surface area contributed by atoms with Gasteiger partial charge in [0, 0.05) is 31.4 Å². The summed E-state index contributed by atoms with van der Waals surface area (Å²) < 4.78 is 5.80. The van der Waals surface area contributed by atoms with Crippen LogP contribution in [0.25, 0.3) is 11.0 Å². The van der Waals surface area contributed by atoms with Gasteiger partial charge in [0.25, 0.3) is 0 Å². The maximum Gasteiger partial charge on any atom is 0.191 e. The fraction of sp³-hybridized carbons (Fsp3) is 0.471. The number of fused-ring (bicyclic) bond motifs is 1. The number of hydrogen-bond donors (Lipinski definition) is 2. The van der Waals surface area contributed by atoms with E-state index >= 15 is 0 Å². The molecule has 1 aromatic heterocycles. The highest BCUT2D eigenvalue weighted by atomic mass is 127. The van der Waals surface area contributed by atoms with Crippen LogP contribution in [0.2, 0.25) is 0 Å². The summed E-state index contributed by atoms with van der Waals surface area (Å²) >= 11 is 0. The zero-order chi connectivity index (χ0) is 15.2. The van der Waals surface area contributed by atoms with Gasteiger partial charge in [-0.15, -0.1) is 24.0 Å². The topological polar surface area (TPSA) is 49.6 Å². The maximum atomic E-state index is 5.80. The first-order chi connectivity index (χ1) is 10.1. The van der Waals surface area contributed by atoms with Crippen molar-refractivity contribution in [2.45, 2.75) is 33.2 Å². The number of benzene rings is 1. The van der Waals surface area contributed by atoms with E-state index in [-0.39, 0.29) is 24.0 Å².